The second-order valence-electron chi connectivity index (χ2n) is 5.45. The summed E-state index contributed by atoms with van der Waals surface area (Å²) in [6, 6.07) is 0. The molecule has 0 radical (unpaired) electrons. The second kappa shape index (κ2) is 9.91. The lowest BCUT2D eigenvalue weighted by atomic mass is 10.0. The molecule has 0 fully saturated rings. The van der Waals surface area contributed by atoms with Crippen molar-refractivity contribution in [1.82, 2.24) is 0 Å². The van der Waals surface area contributed by atoms with Crippen LogP contribution in [0.2, 0.25) is 0 Å². The molecule has 0 aliphatic carbocycles. The fourth-order valence-corrected chi connectivity index (χ4v) is 1.93. The first-order valence-corrected chi connectivity index (χ1v) is 7.44. The molecule has 2 unspecified atom stereocenters. The van der Waals surface area contributed by atoms with Gasteiger partial charge in [0.05, 0.1) is 6.61 Å². The van der Waals surface area contributed by atoms with Crippen LogP contribution in [0.1, 0.15) is 52.9 Å². The van der Waals surface area contributed by atoms with Crippen molar-refractivity contribution in [3.8, 4) is 0 Å². The third-order valence-electron chi connectivity index (χ3n) is 3.14. The molecule has 0 aromatic rings. The van der Waals surface area contributed by atoms with Crippen LogP contribution in [0.3, 0.4) is 0 Å². The van der Waals surface area contributed by atoms with Crippen LogP contribution in [-0.4, -0.2) is 30.0 Å². The van der Waals surface area contributed by atoms with E-state index in [1.807, 2.05) is 0 Å². The number of carbonyl (C=O) groups excluding carboxylic acids is 1. The maximum Gasteiger partial charge on any atom is 0.333 e. The lowest BCUT2D eigenvalue weighted by Crippen LogP contribution is -2.34. The largest absolute Gasteiger partial charge is 0.462 e. The van der Waals surface area contributed by atoms with Crippen molar-refractivity contribution in [2.24, 2.45) is 17.4 Å². The molecule has 5 nitrogen and oxygen atoms in total. The molecule has 0 aliphatic rings. The van der Waals surface area contributed by atoms with Gasteiger partial charge in [0, 0.05) is 5.57 Å². The van der Waals surface area contributed by atoms with Crippen LogP contribution in [0.5, 0.6) is 0 Å². The molecule has 2 atom stereocenters. The van der Waals surface area contributed by atoms with E-state index in [0.717, 1.165) is 25.7 Å². The quantitative estimate of drug-likeness (QED) is 0.322. The smallest absolute Gasteiger partial charge is 0.333 e. The molecule has 0 aromatic heterocycles. The molecule has 0 rings (SSSR count). The number of rotatable bonds is 10. The van der Waals surface area contributed by atoms with Gasteiger partial charge in [0.15, 0.2) is 0 Å². The molecule has 0 amide bonds. The Kier molecular flexibility index (Phi) is 9.46. The summed E-state index contributed by atoms with van der Waals surface area (Å²) in [5.74, 6) is -0.0486. The Balaban J connectivity index is 4.50. The Bertz CT molecular complexity index is 309. The van der Waals surface area contributed by atoms with E-state index in [9.17, 15) is 9.90 Å². The van der Waals surface area contributed by atoms with Crippen molar-refractivity contribution >= 4 is 5.97 Å². The van der Waals surface area contributed by atoms with Crippen LogP contribution >= 0.6 is 0 Å². The third kappa shape index (κ3) is 9.07. The lowest BCUT2D eigenvalue weighted by Gasteiger charge is -2.17. The maximum atomic E-state index is 12.0. The van der Waals surface area contributed by atoms with Gasteiger partial charge in [-0.25, -0.2) is 4.79 Å². The molecule has 0 bridgehead atoms. The van der Waals surface area contributed by atoms with Gasteiger partial charge in [-0.3, -0.25) is 0 Å². The molecule has 5 heteroatoms. The zero-order valence-corrected chi connectivity index (χ0v) is 13.0. The number of nitrogens with two attached hydrogens (primary N) is 2. The van der Waals surface area contributed by atoms with Crippen molar-refractivity contribution in [1.29, 1.82) is 0 Å². The van der Waals surface area contributed by atoms with Gasteiger partial charge in [-0.1, -0.05) is 33.1 Å². The number of hydrogen-bond acceptors (Lipinski definition) is 5. The molecule has 0 aromatic carbocycles. The molecular weight excluding hydrogens is 256 g/mol. The highest BCUT2D eigenvalue weighted by Gasteiger charge is 2.18. The number of esters is 1. The summed E-state index contributed by atoms with van der Waals surface area (Å²) in [5.41, 5.74) is 9.75. The van der Waals surface area contributed by atoms with Crippen molar-refractivity contribution in [2.75, 3.05) is 13.2 Å². The first-order chi connectivity index (χ1) is 9.34. The third-order valence-corrected chi connectivity index (χ3v) is 3.14. The summed E-state index contributed by atoms with van der Waals surface area (Å²) in [7, 11) is 0. The molecule has 0 spiro atoms. The molecule has 118 valence electrons. The zero-order valence-electron chi connectivity index (χ0n) is 13.0. The highest BCUT2D eigenvalue weighted by atomic mass is 16.5. The van der Waals surface area contributed by atoms with Gasteiger partial charge in [-0.2, -0.15) is 0 Å². The molecule has 0 aliphatic heterocycles. The highest BCUT2D eigenvalue weighted by molar-refractivity contribution is 5.88. The normalized spacial score (nSPS) is 16.6. The number of carbonyl (C=O) groups is 1. The Morgan fingerprint density at radius 3 is 2.55 bits per heavy atom. The monoisotopic (exact) mass is 286 g/mol. The average molecular weight is 286 g/mol. The maximum absolute atomic E-state index is 12.0. The van der Waals surface area contributed by atoms with Crippen molar-refractivity contribution < 1.29 is 14.6 Å². The van der Waals surface area contributed by atoms with E-state index in [1.165, 1.54) is 13.0 Å². The standard InChI is InChI=1S/C15H30N2O3/c1-4-6-7-12(5-2)11-20-14(18)13(8-9-16)10-15(3,17)19/h10,12,19H,4-9,11,16-17H2,1-3H3. The van der Waals surface area contributed by atoms with Crippen LogP contribution in [0.4, 0.5) is 0 Å². The van der Waals surface area contributed by atoms with E-state index in [1.54, 1.807) is 0 Å². The van der Waals surface area contributed by atoms with Crippen LogP contribution < -0.4 is 11.5 Å². The number of unbranched alkanes of at least 4 members (excludes halogenated alkanes) is 1. The van der Waals surface area contributed by atoms with E-state index in [2.05, 4.69) is 13.8 Å². The molecule has 5 N–H and O–H groups in total. The van der Waals surface area contributed by atoms with Crippen molar-refractivity contribution in [3.05, 3.63) is 11.6 Å². The van der Waals surface area contributed by atoms with E-state index in [0.29, 0.717) is 31.1 Å². The molecule has 0 heterocycles. The predicted octanol–water partition coefficient (Wildman–Crippen LogP) is 1.69. The summed E-state index contributed by atoms with van der Waals surface area (Å²) in [5, 5.41) is 9.56. The Labute approximate surface area is 122 Å². The molecule has 0 saturated carbocycles. The van der Waals surface area contributed by atoms with Crippen molar-refractivity contribution in [2.45, 2.75) is 58.6 Å². The fraction of sp³-hybridized carbons (Fsp3) is 0.800. The highest BCUT2D eigenvalue weighted by Crippen LogP contribution is 2.15. The zero-order chi connectivity index (χ0) is 15.6. The van der Waals surface area contributed by atoms with E-state index in [-0.39, 0.29) is 0 Å². The molecule has 20 heavy (non-hydrogen) atoms. The summed E-state index contributed by atoms with van der Waals surface area (Å²) in [6.45, 7) is 6.36. The summed E-state index contributed by atoms with van der Waals surface area (Å²) >= 11 is 0. The van der Waals surface area contributed by atoms with E-state index in [4.69, 9.17) is 16.2 Å². The Morgan fingerprint density at radius 2 is 2.10 bits per heavy atom. The van der Waals surface area contributed by atoms with Crippen LogP contribution in [0, 0.1) is 5.92 Å². The second-order valence-corrected chi connectivity index (χ2v) is 5.45. The average Bonchev–Trinajstić information content (AvgIpc) is 2.36. The van der Waals surface area contributed by atoms with Gasteiger partial charge >= 0.3 is 5.97 Å². The number of aliphatic hydroxyl groups is 1. The van der Waals surface area contributed by atoms with Gasteiger partial charge in [0.2, 0.25) is 0 Å². The molecular formula is C15H30N2O3. The Hall–Kier alpha value is -0.910. The first kappa shape index (κ1) is 19.1. The van der Waals surface area contributed by atoms with Crippen LogP contribution in [0.15, 0.2) is 11.6 Å². The van der Waals surface area contributed by atoms with Crippen molar-refractivity contribution in [3.63, 3.8) is 0 Å². The van der Waals surface area contributed by atoms with E-state index < -0.39 is 11.7 Å². The number of hydrogen-bond donors (Lipinski definition) is 3. The van der Waals surface area contributed by atoms with Gasteiger partial charge in [0.1, 0.15) is 5.72 Å². The summed E-state index contributed by atoms with van der Waals surface area (Å²) < 4.78 is 5.32. The minimum absolute atomic E-state index is 0.310. The lowest BCUT2D eigenvalue weighted by molar-refractivity contribution is -0.140. The van der Waals surface area contributed by atoms with Gasteiger partial charge in [-0.15, -0.1) is 0 Å². The SMILES string of the molecule is CCCCC(CC)COC(=O)C(=CC(C)(N)O)CCN. The Morgan fingerprint density at radius 1 is 1.45 bits per heavy atom. The van der Waals surface area contributed by atoms with Gasteiger partial charge in [-0.05, 0) is 38.3 Å². The minimum atomic E-state index is -1.53. The number of ether oxygens (including phenoxy) is 1. The predicted molar refractivity (Wildman–Crippen MR) is 80.8 cm³/mol. The van der Waals surface area contributed by atoms with Crippen LogP contribution in [-0.2, 0) is 9.53 Å². The molecule has 0 saturated heterocycles. The minimum Gasteiger partial charge on any atom is -0.462 e. The summed E-state index contributed by atoms with van der Waals surface area (Å²) in [4.78, 5) is 12.0. The van der Waals surface area contributed by atoms with Gasteiger partial charge < -0.3 is 21.3 Å². The van der Waals surface area contributed by atoms with Crippen LogP contribution in [0.25, 0.3) is 0 Å². The first-order valence-electron chi connectivity index (χ1n) is 7.44. The topological polar surface area (TPSA) is 98.6 Å². The van der Waals surface area contributed by atoms with E-state index >= 15 is 0 Å². The fourth-order valence-electron chi connectivity index (χ4n) is 1.93. The van der Waals surface area contributed by atoms with Gasteiger partial charge in [0.25, 0.3) is 0 Å². The summed E-state index contributed by atoms with van der Waals surface area (Å²) in [6.07, 6.45) is 5.98.